The van der Waals surface area contributed by atoms with E-state index in [0.717, 1.165) is 28.7 Å². The summed E-state index contributed by atoms with van der Waals surface area (Å²) in [5, 5.41) is 3.21. The molecule has 0 saturated carbocycles. The van der Waals surface area contributed by atoms with E-state index >= 15 is 0 Å². The number of fused-ring (bicyclic) bond motifs is 1. The van der Waals surface area contributed by atoms with E-state index in [1.807, 2.05) is 31.2 Å². The van der Waals surface area contributed by atoms with Gasteiger partial charge >= 0.3 is 6.03 Å². The summed E-state index contributed by atoms with van der Waals surface area (Å²) in [6.07, 6.45) is 1.18. The van der Waals surface area contributed by atoms with Crippen LogP contribution in [-0.4, -0.2) is 35.1 Å². The lowest BCUT2D eigenvalue weighted by atomic mass is 10.1. The van der Waals surface area contributed by atoms with Crippen molar-refractivity contribution in [1.82, 2.24) is 9.88 Å². The molecule has 2 heterocycles. The molecule has 0 bridgehead atoms. The first-order chi connectivity index (χ1) is 13.5. The zero-order valence-corrected chi connectivity index (χ0v) is 16.1. The fraction of sp³-hybridized carbons (Fsp3) is 0.300. The van der Waals surface area contributed by atoms with E-state index in [9.17, 15) is 13.6 Å². The first-order valence-corrected chi connectivity index (χ1v) is 9.84. The summed E-state index contributed by atoms with van der Waals surface area (Å²) in [7, 11) is 0. The standard InChI is InChI=1S/C20H19F2N3O2S/c1-12-2-4-14(5-3-12)23-19(26)25-8-6-15(7-9-25)27-20-24-18-16(22)10-13(21)11-17(18)28-20/h2-5,10-11,15H,6-9H2,1H3,(H,23,26). The molecule has 1 aliphatic rings. The number of carbonyl (C=O) groups excluding carboxylic acids is 1. The lowest BCUT2D eigenvalue weighted by Gasteiger charge is -2.31. The van der Waals surface area contributed by atoms with Crippen molar-refractivity contribution >= 4 is 33.3 Å². The van der Waals surface area contributed by atoms with Crippen LogP contribution in [0.2, 0.25) is 0 Å². The molecule has 5 nitrogen and oxygen atoms in total. The molecule has 146 valence electrons. The van der Waals surface area contributed by atoms with Crippen LogP contribution in [0.1, 0.15) is 18.4 Å². The zero-order chi connectivity index (χ0) is 19.7. The molecule has 28 heavy (non-hydrogen) atoms. The average molecular weight is 403 g/mol. The summed E-state index contributed by atoms with van der Waals surface area (Å²) >= 11 is 1.12. The minimum Gasteiger partial charge on any atom is -0.467 e. The van der Waals surface area contributed by atoms with Gasteiger partial charge in [-0.15, -0.1) is 0 Å². The van der Waals surface area contributed by atoms with Gasteiger partial charge in [0.1, 0.15) is 17.4 Å². The predicted molar refractivity (Wildman–Crippen MR) is 105 cm³/mol. The fourth-order valence-electron chi connectivity index (χ4n) is 3.15. The second kappa shape index (κ2) is 7.71. The molecule has 2 aromatic carbocycles. The molecule has 8 heteroatoms. The van der Waals surface area contributed by atoms with E-state index in [-0.39, 0.29) is 17.7 Å². The number of carbonyl (C=O) groups is 1. The quantitative estimate of drug-likeness (QED) is 0.673. The SMILES string of the molecule is Cc1ccc(NC(=O)N2CCC(Oc3nc4c(F)cc(F)cc4s3)CC2)cc1. The predicted octanol–water partition coefficient (Wildman–Crippen LogP) is 4.96. The number of hydrogen-bond acceptors (Lipinski definition) is 4. The number of urea groups is 1. The van der Waals surface area contributed by atoms with Gasteiger partial charge in [0.2, 0.25) is 0 Å². The molecule has 0 radical (unpaired) electrons. The smallest absolute Gasteiger partial charge is 0.321 e. The van der Waals surface area contributed by atoms with Crippen LogP contribution in [0.3, 0.4) is 0 Å². The molecule has 0 unspecified atom stereocenters. The molecule has 1 aromatic heterocycles. The number of ether oxygens (including phenoxy) is 1. The number of thiazole rings is 1. The Morgan fingerprint density at radius 1 is 1.21 bits per heavy atom. The van der Waals surface area contributed by atoms with Crippen molar-refractivity contribution in [1.29, 1.82) is 0 Å². The van der Waals surface area contributed by atoms with Crippen LogP contribution in [0.4, 0.5) is 19.3 Å². The lowest BCUT2D eigenvalue weighted by Crippen LogP contribution is -2.43. The molecule has 1 aliphatic heterocycles. The van der Waals surface area contributed by atoms with Gasteiger partial charge in [0, 0.05) is 37.7 Å². The first kappa shape index (κ1) is 18.6. The molecule has 0 atom stereocenters. The van der Waals surface area contributed by atoms with E-state index in [4.69, 9.17) is 4.74 Å². The van der Waals surface area contributed by atoms with E-state index in [1.165, 1.54) is 6.07 Å². The highest BCUT2D eigenvalue weighted by molar-refractivity contribution is 7.20. The second-order valence-electron chi connectivity index (χ2n) is 6.81. The van der Waals surface area contributed by atoms with Gasteiger partial charge in [-0.25, -0.2) is 13.6 Å². The minimum atomic E-state index is -0.691. The van der Waals surface area contributed by atoms with Crippen LogP contribution in [0, 0.1) is 18.6 Å². The average Bonchev–Trinajstić information content (AvgIpc) is 3.07. The molecular formula is C20H19F2N3O2S. The summed E-state index contributed by atoms with van der Waals surface area (Å²) in [6, 6.07) is 9.57. The van der Waals surface area contributed by atoms with Gasteiger partial charge < -0.3 is 15.0 Å². The Morgan fingerprint density at radius 2 is 1.93 bits per heavy atom. The van der Waals surface area contributed by atoms with Crippen LogP contribution in [0.15, 0.2) is 36.4 Å². The summed E-state index contributed by atoms with van der Waals surface area (Å²) < 4.78 is 33.4. The number of nitrogens with one attached hydrogen (secondary N) is 1. The van der Waals surface area contributed by atoms with Crippen LogP contribution in [-0.2, 0) is 0 Å². The van der Waals surface area contributed by atoms with Crippen LogP contribution in [0.5, 0.6) is 5.19 Å². The highest BCUT2D eigenvalue weighted by atomic mass is 32.1. The molecule has 3 aromatic rings. The normalized spacial score (nSPS) is 15.0. The van der Waals surface area contributed by atoms with Gasteiger partial charge in [0.15, 0.2) is 5.82 Å². The molecular weight excluding hydrogens is 384 g/mol. The summed E-state index contributed by atoms with van der Waals surface area (Å²) in [6.45, 7) is 3.10. The molecule has 0 spiro atoms. The summed E-state index contributed by atoms with van der Waals surface area (Å²) in [4.78, 5) is 18.3. The third-order valence-corrected chi connectivity index (χ3v) is 5.59. The van der Waals surface area contributed by atoms with E-state index < -0.39 is 11.6 Å². The van der Waals surface area contributed by atoms with E-state index in [2.05, 4.69) is 10.3 Å². The number of aromatic nitrogens is 1. The number of amides is 2. The number of anilines is 1. The molecule has 2 amide bonds. The van der Waals surface area contributed by atoms with Gasteiger partial charge in [0.25, 0.3) is 5.19 Å². The van der Waals surface area contributed by atoms with Gasteiger partial charge in [-0.05, 0) is 25.1 Å². The van der Waals surface area contributed by atoms with E-state index in [0.29, 0.717) is 35.8 Å². The number of hydrogen-bond donors (Lipinski definition) is 1. The molecule has 1 saturated heterocycles. The van der Waals surface area contributed by atoms with Crippen molar-refractivity contribution in [3.8, 4) is 5.19 Å². The van der Waals surface area contributed by atoms with E-state index in [1.54, 1.807) is 4.90 Å². The first-order valence-electron chi connectivity index (χ1n) is 9.03. The van der Waals surface area contributed by atoms with Crippen LogP contribution in [0.25, 0.3) is 10.2 Å². The van der Waals surface area contributed by atoms with Crippen molar-refractivity contribution in [2.24, 2.45) is 0 Å². The number of piperidine rings is 1. The summed E-state index contributed by atoms with van der Waals surface area (Å²) in [5.41, 5.74) is 2.02. The zero-order valence-electron chi connectivity index (χ0n) is 15.2. The molecule has 1 N–H and O–H groups in total. The Kier molecular flexibility index (Phi) is 5.13. The van der Waals surface area contributed by atoms with Crippen molar-refractivity contribution in [3.05, 3.63) is 53.6 Å². The van der Waals surface area contributed by atoms with Crippen molar-refractivity contribution in [2.75, 3.05) is 18.4 Å². The number of nitrogens with zero attached hydrogens (tertiary/aromatic N) is 2. The van der Waals surface area contributed by atoms with Crippen LogP contribution >= 0.6 is 11.3 Å². The number of aryl methyl sites for hydroxylation is 1. The maximum atomic E-state index is 13.8. The topological polar surface area (TPSA) is 54.5 Å². The van der Waals surface area contributed by atoms with Crippen molar-refractivity contribution in [3.63, 3.8) is 0 Å². The summed E-state index contributed by atoms with van der Waals surface area (Å²) in [5.74, 6) is -1.32. The fourth-order valence-corrected chi connectivity index (χ4v) is 4.07. The Hall–Kier alpha value is -2.74. The third-order valence-electron chi connectivity index (χ3n) is 4.69. The van der Waals surface area contributed by atoms with Gasteiger partial charge in [-0.2, -0.15) is 4.98 Å². The van der Waals surface area contributed by atoms with Gasteiger partial charge in [-0.3, -0.25) is 0 Å². The lowest BCUT2D eigenvalue weighted by molar-refractivity contribution is 0.115. The number of likely N-dealkylation sites (tertiary alicyclic amines) is 1. The Balaban J connectivity index is 1.33. The molecule has 0 aliphatic carbocycles. The number of halogens is 2. The maximum Gasteiger partial charge on any atom is 0.321 e. The second-order valence-corrected chi connectivity index (χ2v) is 7.81. The highest BCUT2D eigenvalue weighted by Crippen LogP contribution is 2.32. The third kappa shape index (κ3) is 4.06. The number of benzene rings is 2. The van der Waals surface area contributed by atoms with Crippen molar-refractivity contribution in [2.45, 2.75) is 25.9 Å². The largest absolute Gasteiger partial charge is 0.467 e. The monoisotopic (exact) mass is 403 g/mol. The Morgan fingerprint density at radius 3 is 2.64 bits per heavy atom. The Labute approximate surface area is 164 Å². The molecule has 1 fully saturated rings. The Bertz CT molecular complexity index is 999. The van der Waals surface area contributed by atoms with Crippen LogP contribution < -0.4 is 10.1 Å². The van der Waals surface area contributed by atoms with Gasteiger partial charge in [-0.1, -0.05) is 29.0 Å². The number of rotatable bonds is 3. The highest BCUT2D eigenvalue weighted by Gasteiger charge is 2.25. The molecule has 4 rings (SSSR count). The maximum absolute atomic E-state index is 13.8. The minimum absolute atomic E-state index is 0.114. The van der Waals surface area contributed by atoms with Crippen molar-refractivity contribution < 1.29 is 18.3 Å². The van der Waals surface area contributed by atoms with Gasteiger partial charge in [0.05, 0.1) is 4.70 Å².